The summed E-state index contributed by atoms with van der Waals surface area (Å²) in [5.41, 5.74) is -0.562. The van der Waals surface area contributed by atoms with Crippen LogP contribution in [0.15, 0.2) is 37.2 Å². The molecule has 1 fully saturated rings. The molecule has 0 atom stereocenters. The number of hydrogen-bond donors (Lipinski definition) is 3. The highest BCUT2D eigenvalue weighted by molar-refractivity contribution is 6.32. The van der Waals surface area contributed by atoms with E-state index in [2.05, 4.69) is 40.5 Å². The lowest BCUT2D eigenvalue weighted by molar-refractivity contribution is -0.137. The molecule has 0 aromatic carbocycles. The van der Waals surface area contributed by atoms with Gasteiger partial charge in [-0.1, -0.05) is 11.6 Å². The molecule has 4 heterocycles. The van der Waals surface area contributed by atoms with E-state index >= 15 is 0 Å². The number of urea groups is 1. The Bertz CT molecular complexity index is 1650. The van der Waals surface area contributed by atoms with Gasteiger partial charge in [-0.05, 0) is 39.5 Å². The largest absolute Gasteiger partial charge is 0.420 e. The minimum absolute atomic E-state index is 0.0543. The number of carbonyl (C=O) groups is 1. The maximum absolute atomic E-state index is 13.7. The molecule has 0 bridgehead atoms. The van der Waals surface area contributed by atoms with Gasteiger partial charge in [0.15, 0.2) is 5.82 Å². The van der Waals surface area contributed by atoms with Crippen LogP contribution in [-0.4, -0.2) is 70.7 Å². The third kappa shape index (κ3) is 7.66. The van der Waals surface area contributed by atoms with Crippen molar-refractivity contribution in [1.82, 2.24) is 45.2 Å². The highest BCUT2D eigenvalue weighted by atomic mass is 35.5. The van der Waals surface area contributed by atoms with Crippen LogP contribution in [0.3, 0.4) is 0 Å². The Morgan fingerprint density at radius 3 is 2.35 bits per heavy atom. The minimum atomic E-state index is -4.76. The maximum atomic E-state index is 13.7. The van der Waals surface area contributed by atoms with E-state index in [1.807, 2.05) is 19.2 Å². The Balaban J connectivity index is 1.32. The Hall–Kier alpha value is -4.48. The topological polar surface area (TPSA) is 142 Å². The van der Waals surface area contributed by atoms with Gasteiger partial charge in [-0.15, -0.1) is 0 Å². The normalized spacial score (nSPS) is 17.3. The molecule has 0 aliphatic heterocycles. The fourth-order valence-electron chi connectivity index (χ4n) is 5.01. The summed E-state index contributed by atoms with van der Waals surface area (Å²) in [5, 5.41) is 15.2. The zero-order valence-corrected chi connectivity index (χ0v) is 25.1. The third-order valence-electron chi connectivity index (χ3n) is 7.29. The zero-order chi connectivity index (χ0) is 33.2. The van der Waals surface area contributed by atoms with Crippen molar-refractivity contribution in [1.29, 1.82) is 0 Å². The standard InChI is InChI=1S/C27H28ClF6N11O/c1-14(2)44-12-15(7-40-44)20-10-36-21(11-35-20)45(25(46)38-13-26(29,30)31)17-5-3-16(4-6-17)41-24-37-8-18(27(32,33)34)22(42-24)23-19(28)9-39-43-23/h7-12,14,16-17H,3-6,13H2,1-2H3,(H,38,46)(H,39,43)(H,37,41,42). The van der Waals surface area contributed by atoms with Gasteiger partial charge in [0.1, 0.15) is 23.5 Å². The number of alkyl halides is 6. The van der Waals surface area contributed by atoms with E-state index in [1.165, 1.54) is 12.4 Å². The summed E-state index contributed by atoms with van der Waals surface area (Å²) in [7, 11) is 0. The third-order valence-corrected chi connectivity index (χ3v) is 7.58. The van der Waals surface area contributed by atoms with Gasteiger partial charge >= 0.3 is 18.4 Å². The number of rotatable bonds is 8. The van der Waals surface area contributed by atoms with E-state index in [0.29, 0.717) is 43.1 Å². The predicted octanol–water partition coefficient (Wildman–Crippen LogP) is 6.27. The fraction of sp³-hybridized carbons (Fsp3) is 0.444. The molecule has 46 heavy (non-hydrogen) atoms. The van der Waals surface area contributed by atoms with Gasteiger partial charge in [0.05, 0.1) is 35.5 Å². The van der Waals surface area contributed by atoms with Gasteiger partial charge in [0.2, 0.25) is 5.95 Å². The fourth-order valence-corrected chi connectivity index (χ4v) is 5.19. The highest BCUT2D eigenvalue weighted by Crippen LogP contribution is 2.38. The number of nitrogens with zero attached hydrogens (tertiary/aromatic N) is 8. The van der Waals surface area contributed by atoms with Gasteiger partial charge in [0, 0.05) is 36.1 Å². The first-order valence-electron chi connectivity index (χ1n) is 14.1. The number of hydrogen-bond acceptors (Lipinski definition) is 8. The lowest BCUT2D eigenvalue weighted by Crippen LogP contribution is -2.50. The van der Waals surface area contributed by atoms with Crippen LogP contribution in [0, 0.1) is 0 Å². The Kier molecular flexibility index (Phi) is 9.37. The molecule has 1 aliphatic carbocycles. The molecule has 5 rings (SSSR count). The van der Waals surface area contributed by atoms with E-state index in [9.17, 15) is 31.1 Å². The van der Waals surface area contributed by atoms with Crippen molar-refractivity contribution in [2.45, 2.75) is 70.0 Å². The number of amides is 2. The second-order valence-electron chi connectivity index (χ2n) is 10.9. The zero-order valence-electron chi connectivity index (χ0n) is 24.4. The number of aromatic nitrogens is 8. The summed E-state index contributed by atoms with van der Waals surface area (Å²) in [6.07, 6.45) is -0.0402. The molecule has 0 saturated heterocycles. The number of aromatic amines is 1. The first-order valence-corrected chi connectivity index (χ1v) is 14.5. The van der Waals surface area contributed by atoms with Crippen molar-refractivity contribution >= 4 is 29.4 Å². The summed E-state index contributed by atoms with van der Waals surface area (Å²) in [4.78, 5) is 30.8. The van der Waals surface area contributed by atoms with E-state index in [-0.39, 0.29) is 34.6 Å². The molecule has 1 aliphatic rings. The number of halogens is 7. The average molecular weight is 672 g/mol. The molecule has 3 N–H and O–H groups in total. The van der Waals surface area contributed by atoms with E-state index in [4.69, 9.17) is 11.6 Å². The summed E-state index contributed by atoms with van der Waals surface area (Å²) < 4.78 is 81.5. The van der Waals surface area contributed by atoms with Gasteiger partial charge in [-0.3, -0.25) is 19.7 Å². The molecule has 0 spiro atoms. The van der Waals surface area contributed by atoms with Crippen molar-refractivity contribution in [3.63, 3.8) is 0 Å². The molecule has 19 heteroatoms. The van der Waals surface area contributed by atoms with Gasteiger partial charge < -0.3 is 10.6 Å². The van der Waals surface area contributed by atoms with Gasteiger partial charge in [-0.2, -0.15) is 36.5 Å². The molecule has 246 valence electrons. The number of nitrogens with one attached hydrogen (secondary N) is 3. The van der Waals surface area contributed by atoms with Crippen LogP contribution in [0.4, 0.5) is 42.9 Å². The van der Waals surface area contributed by atoms with Crippen LogP contribution in [0.25, 0.3) is 22.6 Å². The monoisotopic (exact) mass is 671 g/mol. The van der Waals surface area contributed by atoms with E-state index < -0.39 is 42.2 Å². The Labute approximate surface area is 263 Å². The van der Waals surface area contributed by atoms with E-state index in [0.717, 1.165) is 11.1 Å². The van der Waals surface area contributed by atoms with Crippen LogP contribution in [-0.2, 0) is 6.18 Å². The van der Waals surface area contributed by atoms with Crippen LogP contribution < -0.4 is 15.5 Å². The molecule has 0 unspecified atom stereocenters. The summed E-state index contributed by atoms with van der Waals surface area (Å²) in [5.74, 6) is -0.0256. The second-order valence-corrected chi connectivity index (χ2v) is 11.3. The average Bonchev–Trinajstić information content (AvgIpc) is 3.66. The van der Waals surface area contributed by atoms with Crippen LogP contribution >= 0.6 is 11.6 Å². The summed E-state index contributed by atoms with van der Waals surface area (Å²) >= 11 is 6.01. The Morgan fingerprint density at radius 1 is 1.04 bits per heavy atom. The molecular formula is C27H28ClF6N11O. The molecule has 0 radical (unpaired) electrons. The van der Waals surface area contributed by atoms with Crippen molar-refractivity contribution in [2.24, 2.45) is 0 Å². The van der Waals surface area contributed by atoms with Gasteiger partial charge in [-0.25, -0.2) is 19.7 Å². The predicted molar refractivity (Wildman–Crippen MR) is 155 cm³/mol. The maximum Gasteiger partial charge on any atom is 0.420 e. The highest BCUT2D eigenvalue weighted by Gasteiger charge is 2.37. The van der Waals surface area contributed by atoms with Crippen molar-refractivity contribution in [2.75, 3.05) is 16.8 Å². The first kappa shape index (κ1) is 32.9. The smallest absolute Gasteiger partial charge is 0.351 e. The van der Waals surface area contributed by atoms with Crippen LogP contribution in [0.1, 0.15) is 51.1 Å². The summed E-state index contributed by atoms with van der Waals surface area (Å²) in [6.45, 7) is 2.38. The molecular weight excluding hydrogens is 644 g/mol. The van der Waals surface area contributed by atoms with Crippen LogP contribution in [0.2, 0.25) is 5.02 Å². The van der Waals surface area contributed by atoms with Crippen molar-refractivity contribution < 1.29 is 31.1 Å². The lowest BCUT2D eigenvalue weighted by Gasteiger charge is -2.36. The number of anilines is 2. The van der Waals surface area contributed by atoms with Gasteiger partial charge in [0.25, 0.3) is 0 Å². The van der Waals surface area contributed by atoms with Crippen molar-refractivity contribution in [3.05, 3.63) is 47.8 Å². The van der Waals surface area contributed by atoms with E-state index in [1.54, 1.807) is 17.1 Å². The first-order chi connectivity index (χ1) is 21.7. The summed E-state index contributed by atoms with van der Waals surface area (Å²) in [6, 6.07) is -1.75. The minimum Gasteiger partial charge on any atom is -0.351 e. The molecule has 4 aromatic heterocycles. The molecule has 12 nitrogen and oxygen atoms in total. The number of carbonyl (C=O) groups excluding carboxylic acids is 1. The molecule has 1 saturated carbocycles. The second kappa shape index (κ2) is 13.1. The Morgan fingerprint density at radius 2 is 1.78 bits per heavy atom. The van der Waals surface area contributed by atoms with Crippen LogP contribution in [0.5, 0.6) is 0 Å². The quantitative estimate of drug-likeness (QED) is 0.186. The molecule has 4 aromatic rings. The molecule has 2 amide bonds. The SMILES string of the molecule is CC(C)n1cc(-c2cnc(N(C(=O)NCC(F)(F)F)C3CCC(Nc4ncc(C(F)(F)F)c(-c5[nH]ncc5Cl)n4)CC3)cn2)cn1. The number of H-pyrrole nitrogens is 1. The lowest BCUT2D eigenvalue weighted by atomic mass is 9.90. The van der Waals surface area contributed by atoms with Crippen molar-refractivity contribution in [3.8, 4) is 22.6 Å².